The van der Waals surface area contributed by atoms with Crippen molar-refractivity contribution >= 4 is 11.5 Å². The summed E-state index contributed by atoms with van der Waals surface area (Å²) in [5.41, 5.74) is 8.56. The first kappa shape index (κ1) is 14.1. The molecule has 0 aromatic heterocycles. The monoisotopic (exact) mass is 271 g/mol. The van der Waals surface area contributed by atoms with Gasteiger partial charge in [-0.2, -0.15) is 0 Å². The zero-order valence-electron chi connectivity index (χ0n) is 11.7. The number of amidine groups is 1. The normalized spacial score (nSPS) is 10.3. The fourth-order valence-corrected chi connectivity index (χ4v) is 2.15. The Kier molecular flexibility index (Phi) is 4.03. The molecular weight excluding hydrogens is 253 g/mol. The van der Waals surface area contributed by atoms with Crippen LogP contribution in [-0.4, -0.2) is 12.9 Å². The molecule has 3 nitrogen and oxygen atoms in total. The summed E-state index contributed by atoms with van der Waals surface area (Å²) in [5, 5.41) is 7.31. The van der Waals surface area contributed by atoms with E-state index in [1.807, 2.05) is 37.1 Å². The maximum Gasteiger partial charge on any atom is 0.147 e. The van der Waals surface area contributed by atoms with Gasteiger partial charge in [-0.25, -0.2) is 4.39 Å². The van der Waals surface area contributed by atoms with Crippen LogP contribution in [0.15, 0.2) is 42.5 Å². The van der Waals surface area contributed by atoms with Crippen LogP contribution in [0.4, 0.5) is 10.1 Å². The molecule has 0 aliphatic carbocycles. The summed E-state index contributed by atoms with van der Waals surface area (Å²) in [7, 11) is 1.84. The number of nitrogens with two attached hydrogens (primary N) is 1. The molecule has 0 spiro atoms. The smallest absolute Gasteiger partial charge is 0.147 e. The maximum atomic E-state index is 14.0. The molecule has 0 aliphatic rings. The summed E-state index contributed by atoms with van der Waals surface area (Å²) in [4.78, 5) is 1.84. The molecule has 0 saturated heterocycles. The van der Waals surface area contributed by atoms with E-state index in [4.69, 9.17) is 11.1 Å². The van der Waals surface area contributed by atoms with Gasteiger partial charge in [0.05, 0.1) is 5.69 Å². The van der Waals surface area contributed by atoms with E-state index in [1.165, 1.54) is 11.6 Å². The summed E-state index contributed by atoms with van der Waals surface area (Å²) < 4.78 is 14.0. The van der Waals surface area contributed by atoms with Gasteiger partial charge in [-0.15, -0.1) is 0 Å². The van der Waals surface area contributed by atoms with Gasteiger partial charge in [-0.1, -0.05) is 29.8 Å². The van der Waals surface area contributed by atoms with Gasteiger partial charge in [-0.3, -0.25) is 5.41 Å². The standard InChI is InChI=1S/C16H18FN3/c1-11-4-3-5-12(8-11)10-20(2)15-7-6-13(16(18)19)9-14(15)17/h3-9H,10H2,1-2H3,(H3,18,19). The van der Waals surface area contributed by atoms with E-state index >= 15 is 0 Å². The molecule has 0 bridgehead atoms. The second-order valence-corrected chi connectivity index (χ2v) is 4.92. The molecule has 0 radical (unpaired) electrons. The molecule has 0 amide bonds. The summed E-state index contributed by atoms with van der Waals surface area (Å²) in [6, 6.07) is 12.7. The third kappa shape index (κ3) is 3.15. The van der Waals surface area contributed by atoms with Crippen LogP contribution in [0.2, 0.25) is 0 Å². The van der Waals surface area contributed by atoms with E-state index in [2.05, 4.69) is 6.07 Å². The summed E-state index contributed by atoms with van der Waals surface area (Å²) in [5.74, 6) is -0.496. The molecule has 3 N–H and O–H groups in total. The largest absolute Gasteiger partial charge is 0.384 e. The quantitative estimate of drug-likeness (QED) is 0.663. The SMILES string of the molecule is Cc1cccc(CN(C)c2ccc(C(=N)N)cc2F)c1. The van der Waals surface area contributed by atoms with E-state index in [1.54, 1.807) is 12.1 Å². The molecule has 0 unspecified atom stereocenters. The molecule has 0 fully saturated rings. The number of hydrogen-bond donors (Lipinski definition) is 2. The van der Waals surface area contributed by atoms with Crippen molar-refractivity contribution < 1.29 is 4.39 Å². The minimum Gasteiger partial charge on any atom is -0.384 e. The van der Waals surface area contributed by atoms with Gasteiger partial charge >= 0.3 is 0 Å². The molecule has 2 aromatic carbocycles. The number of aryl methyl sites for hydroxylation is 1. The van der Waals surface area contributed by atoms with Crippen LogP contribution in [0, 0.1) is 18.2 Å². The highest BCUT2D eigenvalue weighted by Gasteiger charge is 2.10. The summed E-state index contributed by atoms with van der Waals surface area (Å²) in [6.45, 7) is 2.66. The van der Waals surface area contributed by atoms with Gasteiger partial charge in [0.25, 0.3) is 0 Å². The number of benzene rings is 2. The molecule has 104 valence electrons. The van der Waals surface area contributed by atoms with Crippen molar-refractivity contribution in [3.63, 3.8) is 0 Å². The van der Waals surface area contributed by atoms with Crippen LogP contribution in [0.25, 0.3) is 0 Å². The van der Waals surface area contributed by atoms with Crippen molar-refractivity contribution in [3.05, 3.63) is 65.0 Å². The first-order valence-electron chi connectivity index (χ1n) is 6.38. The Labute approximate surface area is 118 Å². The molecule has 2 aromatic rings. The predicted octanol–water partition coefficient (Wildman–Crippen LogP) is 3.05. The van der Waals surface area contributed by atoms with Crippen molar-refractivity contribution in [2.24, 2.45) is 5.73 Å². The molecule has 0 heterocycles. The average Bonchev–Trinajstić information content (AvgIpc) is 2.38. The van der Waals surface area contributed by atoms with Crippen LogP contribution in [0.5, 0.6) is 0 Å². The fourth-order valence-electron chi connectivity index (χ4n) is 2.15. The lowest BCUT2D eigenvalue weighted by Crippen LogP contribution is -2.19. The fraction of sp³-hybridized carbons (Fsp3) is 0.188. The Hall–Kier alpha value is -2.36. The number of anilines is 1. The van der Waals surface area contributed by atoms with Crippen LogP contribution in [0.1, 0.15) is 16.7 Å². The molecule has 2 rings (SSSR count). The molecule has 0 atom stereocenters. The molecule has 20 heavy (non-hydrogen) atoms. The average molecular weight is 271 g/mol. The van der Waals surface area contributed by atoms with E-state index in [0.29, 0.717) is 17.8 Å². The van der Waals surface area contributed by atoms with Gasteiger partial charge in [0.2, 0.25) is 0 Å². The summed E-state index contributed by atoms with van der Waals surface area (Å²) >= 11 is 0. The van der Waals surface area contributed by atoms with Crippen molar-refractivity contribution in [1.29, 1.82) is 5.41 Å². The molecule has 0 aliphatic heterocycles. The van der Waals surface area contributed by atoms with Crippen molar-refractivity contribution in [3.8, 4) is 0 Å². The first-order valence-corrected chi connectivity index (χ1v) is 6.38. The van der Waals surface area contributed by atoms with Crippen LogP contribution < -0.4 is 10.6 Å². The maximum absolute atomic E-state index is 14.0. The van der Waals surface area contributed by atoms with Gasteiger partial charge < -0.3 is 10.6 Å². The number of halogens is 1. The Morgan fingerprint density at radius 1 is 1.25 bits per heavy atom. The second-order valence-electron chi connectivity index (χ2n) is 4.92. The van der Waals surface area contributed by atoms with Crippen molar-refractivity contribution in [2.45, 2.75) is 13.5 Å². The van der Waals surface area contributed by atoms with Crippen LogP contribution in [0.3, 0.4) is 0 Å². The highest BCUT2D eigenvalue weighted by molar-refractivity contribution is 5.95. The lowest BCUT2D eigenvalue weighted by Gasteiger charge is -2.20. The van der Waals surface area contributed by atoms with Gasteiger partial charge in [0.15, 0.2) is 0 Å². The number of nitrogen functional groups attached to an aromatic ring is 1. The van der Waals surface area contributed by atoms with Gasteiger partial charge in [0.1, 0.15) is 11.7 Å². The Morgan fingerprint density at radius 2 is 2.00 bits per heavy atom. The molecule has 4 heteroatoms. The number of nitrogens with zero attached hydrogens (tertiary/aromatic N) is 1. The number of rotatable bonds is 4. The topological polar surface area (TPSA) is 53.1 Å². The minimum atomic E-state index is -0.368. The van der Waals surface area contributed by atoms with Crippen LogP contribution in [-0.2, 0) is 6.54 Å². The van der Waals surface area contributed by atoms with E-state index in [0.717, 1.165) is 5.56 Å². The minimum absolute atomic E-state index is 0.128. The third-order valence-electron chi connectivity index (χ3n) is 3.17. The van der Waals surface area contributed by atoms with Gasteiger partial charge in [-0.05, 0) is 30.7 Å². The Morgan fingerprint density at radius 3 is 2.60 bits per heavy atom. The number of hydrogen-bond acceptors (Lipinski definition) is 2. The Bertz CT molecular complexity index is 637. The van der Waals surface area contributed by atoms with E-state index < -0.39 is 0 Å². The first-order chi connectivity index (χ1) is 9.47. The molecular formula is C16H18FN3. The zero-order valence-corrected chi connectivity index (χ0v) is 11.7. The Balaban J connectivity index is 2.21. The summed E-state index contributed by atoms with van der Waals surface area (Å²) in [6.07, 6.45) is 0. The van der Waals surface area contributed by atoms with Gasteiger partial charge in [0, 0.05) is 19.2 Å². The van der Waals surface area contributed by atoms with Crippen molar-refractivity contribution in [2.75, 3.05) is 11.9 Å². The van der Waals surface area contributed by atoms with E-state index in [9.17, 15) is 4.39 Å². The van der Waals surface area contributed by atoms with E-state index in [-0.39, 0.29) is 11.7 Å². The lowest BCUT2D eigenvalue weighted by atomic mass is 10.1. The molecule has 0 saturated carbocycles. The number of nitrogens with one attached hydrogen (secondary N) is 1. The van der Waals surface area contributed by atoms with Crippen molar-refractivity contribution in [1.82, 2.24) is 0 Å². The van der Waals surface area contributed by atoms with Crippen LogP contribution >= 0.6 is 0 Å². The predicted molar refractivity (Wildman–Crippen MR) is 80.7 cm³/mol. The second kappa shape index (κ2) is 5.74. The lowest BCUT2D eigenvalue weighted by molar-refractivity contribution is 0.622. The zero-order chi connectivity index (χ0) is 14.7. The third-order valence-corrected chi connectivity index (χ3v) is 3.17. The highest BCUT2D eigenvalue weighted by atomic mass is 19.1. The highest BCUT2D eigenvalue weighted by Crippen LogP contribution is 2.21.